The second kappa shape index (κ2) is 8.19. The van der Waals surface area contributed by atoms with Crippen molar-refractivity contribution >= 4 is 28.5 Å². The molecule has 2 rings (SSSR count). The molecule has 23 heavy (non-hydrogen) atoms. The molecule has 0 radical (unpaired) electrons. The van der Waals surface area contributed by atoms with E-state index in [1.54, 1.807) is 7.11 Å². The molecule has 1 atom stereocenters. The molecule has 0 aliphatic heterocycles. The molecule has 0 aliphatic rings. The number of aryl methyl sites for hydroxylation is 1. The Bertz CT molecular complexity index is 670. The number of amides is 1. The summed E-state index contributed by atoms with van der Waals surface area (Å²) >= 11 is 2.22. The zero-order chi connectivity index (χ0) is 16.8. The molecule has 0 aromatic heterocycles. The Labute approximate surface area is 150 Å². The Morgan fingerprint density at radius 3 is 2.57 bits per heavy atom. The van der Waals surface area contributed by atoms with Crippen molar-refractivity contribution < 1.29 is 14.3 Å². The average Bonchev–Trinajstić information content (AvgIpc) is 2.54. The van der Waals surface area contributed by atoms with Gasteiger partial charge in [-0.05, 0) is 66.8 Å². The van der Waals surface area contributed by atoms with Crippen molar-refractivity contribution in [3.8, 4) is 11.5 Å². The first kappa shape index (κ1) is 17.6. The van der Waals surface area contributed by atoms with Crippen molar-refractivity contribution in [3.05, 3.63) is 57.2 Å². The predicted molar refractivity (Wildman–Crippen MR) is 98.9 cm³/mol. The molecule has 0 fully saturated rings. The molecule has 1 unspecified atom stereocenters. The lowest BCUT2D eigenvalue weighted by Gasteiger charge is -2.18. The van der Waals surface area contributed by atoms with Gasteiger partial charge in [-0.3, -0.25) is 4.79 Å². The lowest BCUT2D eigenvalue weighted by molar-refractivity contribution is -0.123. The molecule has 122 valence electrons. The van der Waals surface area contributed by atoms with Gasteiger partial charge in [0.2, 0.25) is 0 Å². The molecule has 0 bridgehead atoms. The maximum atomic E-state index is 12.1. The fourth-order valence-electron chi connectivity index (χ4n) is 2.23. The van der Waals surface area contributed by atoms with Crippen molar-refractivity contribution in [1.82, 2.24) is 5.32 Å². The Kier molecular flexibility index (Phi) is 6.27. The quantitative estimate of drug-likeness (QED) is 0.716. The highest BCUT2D eigenvalue weighted by atomic mass is 127. The Balaban J connectivity index is 1.94. The topological polar surface area (TPSA) is 47.6 Å². The second-order valence-electron chi connectivity index (χ2n) is 5.28. The first-order valence-corrected chi connectivity index (χ1v) is 8.39. The zero-order valence-electron chi connectivity index (χ0n) is 13.4. The molecule has 1 amide bonds. The van der Waals surface area contributed by atoms with Gasteiger partial charge >= 0.3 is 0 Å². The van der Waals surface area contributed by atoms with E-state index in [0.29, 0.717) is 5.75 Å². The monoisotopic (exact) mass is 425 g/mol. The summed E-state index contributed by atoms with van der Waals surface area (Å²) in [5.41, 5.74) is 2.08. The number of carbonyl (C=O) groups is 1. The summed E-state index contributed by atoms with van der Waals surface area (Å²) in [7, 11) is 1.63. The molecule has 0 heterocycles. The predicted octanol–water partition coefficient (Wildman–Crippen LogP) is 3.86. The van der Waals surface area contributed by atoms with Gasteiger partial charge in [0, 0.05) is 9.13 Å². The third-order valence-corrected chi connectivity index (χ3v) is 4.13. The van der Waals surface area contributed by atoms with Crippen LogP contribution in [0.5, 0.6) is 11.5 Å². The van der Waals surface area contributed by atoms with Crippen molar-refractivity contribution in [1.29, 1.82) is 0 Å². The lowest BCUT2D eigenvalue weighted by Crippen LogP contribution is -2.31. The highest BCUT2D eigenvalue weighted by Gasteiger charge is 2.14. The summed E-state index contributed by atoms with van der Waals surface area (Å²) in [4.78, 5) is 12.1. The van der Waals surface area contributed by atoms with Crippen LogP contribution in [0.25, 0.3) is 0 Å². The number of ether oxygens (including phenoxy) is 2. The maximum absolute atomic E-state index is 12.1. The van der Waals surface area contributed by atoms with E-state index in [-0.39, 0.29) is 18.6 Å². The van der Waals surface area contributed by atoms with Gasteiger partial charge in [-0.2, -0.15) is 0 Å². The smallest absolute Gasteiger partial charge is 0.258 e. The van der Waals surface area contributed by atoms with Crippen LogP contribution in [0.4, 0.5) is 0 Å². The maximum Gasteiger partial charge on any atom is 0.258 e. The first-order chi connectivity index (χ1) is 11.0. The first-order valence-electron chi connectivity index (χ1n) is 7.32. The molecular weight excluding hydrogens is 405 g/mol. The van der Waals surface area contributed by atoms with E-state index in [1.807, 2.05) is 56.3 Å². The van der Waals surface area contributed by atoms with Crippen molar-refractivity contribution in [2.24, 2.45) is 0 Å². The van der Waals surface area contributed by atoms with E-state index in [2.05, 4.69) is 27.9 Å². The highest BCUT2D eigenvalue weighted by molar-refractivity contribution is 14.1. The fraction of sp³-hybridized carbons (Fsp3) is 0.278. The zero-order valence-corrected chi connectivity index (χ0v) is 15.6. The van der Waals surface area contributed by atoms with Gasteiger partial charge in [0.25, 0.3) is 5.91 Å². The number of carbonyl (C=O) groups excluding carboxylic acids is 1. The molecule has 2 aromatic carbocycles. The second-order valence-corrected chi connectivity index (χ2v) is 6.52. The van der Waals surface area contributed by atoms with E-state index in [4.69, 9.17) is 9.47 Å². The minimum Gasteiger partial charge on any atom is -0.496 e. The standard InChI is InChI=1S/C18H20INO3/c1-12-4-9-17(22-3)16(10-12)13(2)20-18(21)11-23-15-7-5-14(19)6-8-15/h4-10,13H,11H2,1-3H3,(H,20,21). The fourth-order valence-corrected chi connectivity index (χ4v) is 2.59. The molecule has 2 aromatic rings. The molecule has 4 nitrogen and oxygen atoms in total. The third kappa shape index (κ3) is 5.13. The number of hydrogen-bond acceptors (Lipinski definition) is 3. The summed E-state index contributed by atoms with van der Waals surface area (Å²) in [5.74, 6) is 1.28. The minimum atomic E-state index is -0.167. The van der Waals surface area contributed by atoms with Gasteiger partial charge in [0.15, 0.2) is 6.61 Å². The molecular formula is C18H20INO3. The Hall–Kier alpha value is -1.76. The third-order valence-electron chi connectivity index (χ3n) is 3.41. The van der Waals surface area contributed by atoms with Crippen LogP contribution in [0.3, 0.4) is 0 Å². The van der Waals surface area contributed by atoms with Crippen LogP contribution < -0.4 is 14.8 Å². The van der Waals surface area contributed by atoms with Crippen molar-refractivity contribution in [2.75, 3.05) is 13.7 Å². The van der Waals surface area contributed by atoms with Crippen LogP contribution in [0.1, 0.15) is 24.1 Å². The van der Waals surface area contributed by atoms with Gasteiger partial charge in [0.05, 0.1) is 13.2 Å². The van der Waals surface area contributed by atoms with Gasteiger partial charge in [-0.1, -0.05) is 17.7 Å². The van der Waals surface area contributed by atoms with Gasteiger partial charge in [-0.25, -0.2) is 0 Å². The minimum absolute atomic E-state index is 0.0148. The van der Waals surface area contributed by atoms with Crippen LogP contribution in [0.2, 0.25) is 0 Å². The SMILES string of the molecule is COc1ccc(C)cc1C(C)NC(=O)COc1ccc(I)cc1. The molecule has 0 spiro atoms. The van der Waals surface area contributed by atoms with E-state index < -0.39 is 0 Å². The van der Waals surface area contributed by atoms with Crippen LogP contribution in [0, 0.1) is 10.5 Å². The van der Waals surface area contributed by atoms with Crippen LogP contribution in [0.15, 0.2) is 42.5 Å². The van der Waals surface area contributed by atoms with Crippen molar-refractivity contribution in [3.63, 3.8) is 0 Å². The molecule has 0 saturated heterocycles. The largest absolute Gasteiger partial charge is 0.496 e. The normalized spacial score (nSPS) is 11.7. The number of nitrogens with one attached hydrogen (secondary N) is 1. The van der Waals surface area contributed by atoms with E-state index in [0.717, 1.165) is 20.4 Å². The van der Waals surface area contributed by atoms with Crippen molar-refractivity contribution in [2.45, 2.75) is 19.9 Å². The Morgan fingerprint density at radius 2 is 1.91 bits per heavy atom. The van der Waals surface area contributed by atoms with Crippen LogP contribution in [-0.2, 0) is 4.79 Å². The van der Waals surface area contributed by atoms with E-state index >= 15 is 0 Å². The summed E-state index contributed by atoms with van der Waals surface area (Å²) in [6, 6.07) is 13.3. The average molecular weight is 425 g/mol. The summed E-state index contributed by atoms with van der Waals surface area (Å²) < 4.78 is 12.0. The van der Waals surface area contributed by atoms with Crippen LogP contribution >= 0.6 is 22.6 Å². The highest BCUT2D eigenvalue weighted by Crippen LogP contribution is 2.26. The Morgan fingerprint density at radius 1 is 1.22 bits per heavy atom. The summed E-state index contributed by atoms with van der Waals surface area (Å²) in [6.45, 7) is 3.93. The summed E-state index contributed by atoms with van der Waals surface area (Å²) in [5, 5.41) is 2.93. The van der Waals surface area contributed by atoms with Gasteiger partial charge < -0.3 is 14.8 Å². The number of benzene rings is 2. The number of halogens is 1. The van der Waals surface area contributed by atoms with Gasteiger partial charge in [-0.15, -0.1) is 0 Å². The van der Waals surface area contributed by atoms with Gasteiger partial charge in [0.1, 0.15) is 11.5 Å². The summed E-state index contributed by atoms with van der Waals surface area (Å²) in [6.07, 6.45) is 0. The number of rotatable bonds is 6. The number of hydrogen-bond donors (Lipinski definition) is 1. The molecule has 0 aliphatic carbocycles. The number of methoxy groups -OCH3 is 1. The van der Waals surface area contributed by atoms with E-state index in [9.17, 15) is 4.79 Å². The lowest BCUT2D eigenvalue weighted by atomic mass is 10.0. The van der Waals surface area contributed by atoms with Crippen LogP contribution in [-0.4, -0.2) is 19.6 Å². The van der Waals surface area contributed by atoms with E-state index in [1.165, 1.54) is 0 Å². The molecule has 5 heteroatoms. The molecule has 0 saturated carbocycles. The molecule has 1 N–H and O–H groups in total.